The molecule has 2 unspecified atom stereocenters. The van der Waals surface area contributed by atoms with Gasteiger partial charge in [-0.05, 0) is 19.1 Å². The number of benzene rings is 1. The molecule has 2 rings (SSSR count). The second-order valence-electron chi connectivity index (χ2n) is 5.36. The molecule has 0 bridgehead atoms. The van der Waals surface area contributed by atoms with Crippen LogP contribution in [0.3, 0.4) is 0 Å². The van der Waals surface area contributed by atoms with E-state index in [1.165, 1.54) is 25.1 Å². The Labute approximate surface area is 146 Å². The van der Waals surface area contributed by atoms with E-state index in [1.54, 1.807) is 11.0 Å². The van der Waals surface area contributed by atoms with Gasteiger partial charge in [0.05, 0.1) is 12.4 Å². The molecular weight excluding hydrogens is 372 g/mol. The standard InChI is InChI=1S/C14H15Cl2F3N2O3/c1-13(16,7-15)12(22)20-11-6-21(8-23-11)9-3-2-4-10(5-9)24-14(17,18)19/h2-5,11H,6-8H2,1H3,(H,20,22). The molecule has 1 aliphatic rings. The quantitative estimate of drug-likeness (QED) is 0.790. The first-order valence-electron chi connectivity index (χ1n) is 6.89. The number of alkyl halides is 5. The average molecular weight is 387 g/mol. The van der Waals surface area contributed by atoms with Gasteiger partial charge in [-0.2, -0.15) is 0 Å². The molecular formula is C14H15Cl2F3N2O3. The highest BCUT2D eigenvalue weighted by molar-refractivity contribution is 6.39. The summed E-state index contributed by atoms with van der Waals surface area (Å²) in [6, 6.07) is 5.49. The third kappa shape index (κ3) is 5.06. The first kappa shape index (κ1) is 19.0. The first-order chi connectivity index (χ1) is 11.1. The normalized spacial score (nSPS) is 20.6. The van der Waals surface area contributed by atoms with Gasteiger partial charge < -0.3 is 19.7 Å². The number of carbonyl (C=O) groups is 1. The van der Waals surface area contributed by atoms with E-state index in [2.05, 4.69) is 10.1 Å². The van der Waals surface area contributed by atoms with Crippen molar-refractivity contribution >= 4 is 34.8 Å². The molecule has 0 aromatic heterocycles. The zero-order valence-electron chi connectivity index (χ0n) is 12.6. The van der Waals surface area contributed by atoms with Gasteiger partial charge in [-0.1, -0.05) is 6.07 Å². The second-order valence-corrected chi connectivity index (χ2v) is 6.46. The predicted octanol–water partition coefficient (Wildman–Crippen LogP) is 3.06. The lowest BCUT2D eigenvalue weighted by Crippen LogP contribution is -2.47. The highest BCUT2D eigenvalue weighted by Crippen LogP contribution is 2.28. The van der Waals surface area contributed by atoms with Crippen LogP contribution in [-0.4, -0.2) is 42.5 Å². The van der Waals surface area contributed by atoms with Gasteiger partial charge in [0.25, 0.3) is 0 Å². The minimum Gasteiger partial charge on any atom is -0.406 e. The summed E-state index contributed by atoms with van der Waals surface area (Å²) >= 11 is 11.6. The smallest absolute Gasteiger partial charge is 0.406 e. The molecule has 1 heterocycles. The third-order valence-electron chi connectivity index (χ3n) is 3.25. The highest BCUT2D eigenvalue weighted by Gasteiger charge is 2.34. The SMILES string of the molecule is CC(Cl)(CCl)C(=O)NC1CN(c2cccc(OC(F)(F)F)c2)CO1. The summed E-state index contributed by atoms with van der Waals surface area (Å²) in [5.74, 6) is -0.892. The maximum absolute atomic E-state index is 12.3. The van der Waals surface area contributed by atoms with Crippen molar-refractivity contribution in [2.24, 2.45) is 0 Å². The number of nitrogens with zero attached hydrogens (tertiary/aromatic N) is 1. The van der Waals surface area contributed by atoms with Gasteiger partial charge >= 0.3 is 6.36 Å². The van der Waals surface area contributed by atoms with Crippen LogP contribution in [0.4, 0.5) is 18.9 Å². The van der Waals surface area contributed by atoms with Gasteiger partial charge in [0.2, 0.25) is 5.91 Å². The second kappa shape index (κ2) is 7.25. The third-order valence-corrected chi connectivity index (χ3v) is 4.23. The number of hydrogen-bond acceptors (Lipinski definition) is 4. The van der Waals surface area contributed by atoms with Crippen molar-refractivity contribution in [1.82, 2.24) is 5.32 Å². The Morgan fingerprint density at radius 1 is 1.50 bits per heavy atom. The monoisotopic (exact) mass is 386 g/mol. The molecule has 2 atom stereocenters. The van der Waals surface area contributed by atoms with Gasteiger partial charge in [-0.15, -0.1) is 36.4 Å². The van der Waals surface area contributed by atoms with Crippen molar-refractivity contribution < 1.29 is 27.4 Å². The van der Waals surface area contributed by atoms with E-state index in [9.17, 15) is 18.0 Å². The molecule has 1 N–H and O–H groups in total. The van der Waals surface area contributed by atoms with E-state index in [0.717, 1.165) is 0 Å². The van der Waals surface area contributed by atoms with Crippen molar-refractivity contribution in [2.75, 3.05) is 24.1 Å². The fraction of sp³-hybridized carbons (Fsp3) is 0.500. The molecule has 134 valence electrons. The van der Waals surface area contributed by atoms with Gasteiger partial charge in [-0.25, -0.2) is 0 Å². The summed E-state index contributed by atoms with van der Waals surface area (Å²) in [4.78, 5) is 12.3. The molecule has 1 amide bonds. The molecule has 1 saturated heterocycles. The fourth-order valence-corrected chi connectivity index (χ4v) is 2.16. The Bertz CT molecular complexity index is 599. The number of halogens is 5. The predicted molar refractivity (Wildman–Crippen MR) is 83.3 cm³/mol. The van der Waals surface area contributed by atoms with E-state index in [4.69, 9.17) is 27.9 Å². The zero-order chi connectivity index (χ0) is 18.0. The molecule has 0 aliphatic carbocycles. The summed E-state index contributed by atoms with van der Waals surface area (Å²) in [6.07, 6.45) is -5.41. The Hall–Kier alpha value is -1.38. The molecule has 0 saturated carbocycles. The topological polar surface area (TPSA) is 50.8 Å². The summed E-state index contributed by atoms with van der Waals surface area (Å²) in [6.45, 7) is 1.82. The number of nitrogens with one attached hydrogen (secondary N) is 1. The average Bonchev–Trinajstić information content (AvgIpc) is 2.94. The molecule has 1 aromatic carbocycles. The van der Waals surface area contributed by atoms with Crippen molar-refractivity contribution in [3.05, 3.63) is 24.3 Å². The van der Waals surface area contributed by atoms with Crippen molar-refractivity contribution in [3.8, 4) is 5.75 Å². The van der Waals surface area contributed by atoms with E-state index in [0.29, 0.717) is 5.69 Å². The summed E-state index contributed by atoms with van der Waals surface area (Å²) in [5, 5.41) is 2.59. The van der Waals surface area contributed by atoms with E-state index in [-0.39, 0.29) is 24.9 Å². The van der Waals surface area contributed by atoms with Crippen molar-refractivity contribution in [2.45, 2.75) is 24.4 Å². The zero-order valence-corrected chi connectivity index (χ0v) is 14.1. The number of rotatable bonds is 5. The summed E-state index contributed by atoms with van der Waals surface area (Å²) in [7, 11) is 0. The van der Waals surface area contributed by atoms with Crippen LogP contribution < -0.4 is 15.0 Å². The van der Waals surface area contributed by atoms with Gasteiger partial charge in [0, 0.05) is 11.8 Å². The molecule has 0 spiro atoms. The molecule has 24 heavy (non-hydrogen) atoms. The summed E-state index contributed by atoms with van der Waals surface area (Å²) in [5.41, 5.74) is 0.472. The number of carbonyl (C=O) groups excluding carboxylic acids is 1. The maximum Gasteiger partial charge on any atom is 0.573 e. The number of ether oxygens (including phenoxy) is 2. The maximum atomic E-state index is 12.3. The van der Waals surface area contributed by atoms with Crippen LogP contribution >= 0.6 is 23.2 Å². The van der Waals surface area contributed by atoms with Crippen LogP contribution in [0.2, 0.25) is 0 Å². The van der Waals surface area contributed by atoms with E-state index >= 15 is 0 Å². The summed E-state index contributed by atoms with van der Waals surface area (Å²) < 4.78 is 46.1. The molecule has 0 radical (unpaired) electrons. The largest absolute Gasteiger partial charge is 0.573 e. The molecule has 10 heteroatoms. The Balaban J connectivity index is 1.98. The molecule has 1 fully saturated rings. The van der Waals surface area contributed by atoms with Crippen LogP contribution in [0, 0.1) is 0 Å². The first-order valence-corrected chi connectivity index (χ1v) is 7.80. The lowest BCUT2D eigenvalue weighted by atomic mass is 10.2. The minimum absolute atomic E-state index is 0.0757. The lowest BCUT2D eigenvalue weighted by Gasteiger charge is -2.21. The van der Waals surface area contributed by atoms with E-state index in [1.807, 2.05) is 0 Å². The van der Waals surface area contributed by atoms with Gasteiger partial charge in [0.15, 0.2) is 0 Å². The van der Waals surface area contributed by atoms with Crippen molar-refractivity contribution in [1.29, 1.82) is 0 Å². The Morgan fingerprint density at radius 2 is 2.21 bits per heavy atom. The fourth-order valence-electron chi connectivity index (χ4n) is 1.99. The molecule has 1 aromatic rings. The Morgan fingerprint density at radius 3 is 2.83 bits per heavy atom. The van der Waals surface area contributed by atoms with Crippen LogP contribution in [0.25, 0.3) is 0 Å². The van der Waals surface area contributed by atoms with Crippen LogP contribution in [0.5, 0.6) is 5.75 Å². The van der Waals surface area contributed by atoms with Gasteiger partial charge in [-0.3, -0.25) is 4.79 Å². The number of anilines is 1. The van der Waals surface area contributed by atoms with Gasteiger partial charge in [0.1, 0.15) is 23.6 Å². The Kier molecular flexibility index (Phi) is 5.72. The molecule has 1 aliphatic heterocycles. The van der Waals surface area contributed by atoms with Crippen molar-refractivity contribution in [3.63, 3.8) is 0 Å². The lowest BCUT2D eigenvalue weighted by molar-refractivity contribution is -0.274. The van der Waals surface area contributed by atoms with Crippen LogP contribution in [0.15, 0.2) is 24.3 Å². The van der Waals surface area contributed by atoms with E-state index < -0.39 is 23.4 Å². The highest BCUT2D eigenvalue weighted by atomic mass is 35.5. The minimum atomic E-state index is -4.76. The van der Waals surface area contributed by atoms with Crippen LogP contribution in [0.1, 0.15) is 6.92 Å². The van der Waals surface area contributed by atoms with Crippen LogP contribution in [-0.2, 0) is 9.53 Å². The number of amides is 1. The number of hydrogen-bond donors (Lipinski definition) is 1. The molecule has 5 nitrogen and oxygen atoms in total.